The molecule has 6 nitrogen and oxygen atoms in total. The normalized spacial score (nSPS) is 20.0. The Morgan fingerprint density at radius 3 is 2.67 bits per heavy atom. The number of rotatable bonds is 6. The molecule has 1 fully saturated rings. The molecule has 1 aliphatic carbocycles. The Morgan fingerprint density at radius 2 is 1.96 bits per heavy atom. The van der Waals surface area contributed by atoms with Crippen LogP contribution in [0.15, 0.2) is 18.2 Å². The van der Waals surface area contributed by atoms with Gasteiger partial charge in [-0.3, -0.25) is 19.3 Å². The predicted molar refractivity (Wildman–Crippen MR) is 103 cm³/mol. The van der Waals surface area contributed by atoms with Gasteiger partial charge in [0.15, 0.2) is 11.9 Å². The van der Waals surface area contributed by atoms with Gasteiger partial charge in [-0.15, -0.1) is 0 Å². The van der Waals surface area contributed by atoms with Crippen molar-refractivity contribution in [3.63, 3.8) is 0 Å². The summed E-state index contributed by atoms with van der Waals surface area (Å²) < 4.78 is 5.67. The molecule has 0 saturated heterocycles. The fourth-order valence-electron chi connectivity index (χ4n) is 3.78. The number of benzene rings is 1. The summed E-state index contributed by atoms with van der Waals surface area (Å²) in [6.45, 7) is 3.57. The number of nitrogens with zero attached hydrogens (tertiary/aromatic N) is 1. The Balaban J connectivity index is 1.79. The molecule has 0 aromatic heterocycles. The molecular weight excluding hydrogens is 344 g/mol. The number of hydrogen-bond acceptors (Lipinski definition) is 4. The number of nitrogens with one attached hydrogen (secondary N) is 1. The van der Waals surface area contributed by atoms with Crippen LogP contribution in [0.4, 0.5) is 5.69 Å². The number of carbonyl (C=O) groups is 3. The SMILES string of the molecule is CCCC(=O)c1ccc2c(c1)N(CC(=O)NC1CCCCC1)C(=O)C(C)O2. The quantitative estimate of drug-likeness (QED) is 0.778. The molecule has 0 spiro atoms. The van der Waals surface area contributed by atoms with Crippen molar-refractivity contribution >= 4 is 23.3 Å². The van der Waals surface area contributed by atoms with Gasteiger partial charge in [-0.25, -0.2) is 0 Å². The molecule has 2 aliphatic rings. The second-order valence-electron chi connectivity index (χ2n) is 7.44. The van der Waals surface area contributed by atoms with Crippen LogP contribution in [0, 0.1) is 0 Å². The molecule has 1 unspecified atom stereocenters. The highest BCUT2D eigenvalue weighted by molar-refractivity contribution is 6.05. The fourth-order valence-corrected chi connectivity index (χ4v) is 3.78. The van der Waals surface area contributed by atoms with Crippen molar-refractivity contribution < 1.29 is 19.1 Å². The summed E-state index contributed by atoms with van der Waals surface area (Å²) in [6.07, 6.45) is 6.01. The van der Waals surface area contributed by atoms with Crippen molar-refractivity contribution in [2.24, 2.45) is 0 Å². The van der Waals surface area contributed by atoms with E-state index in [1.165, 1.54) is 11.3 Å². The monoisotopic (exact) mass is 372 g/mol. The first-order valence-electron chi connectivity index (χ1n) is 9.94. The number of amides is 2. The molecule has 3 rings (SSSR count). The van der Waals surface area contributed by atoms with Crippen molar-refractivity contribution in [3.8, 4) is 5.75 Å². The lowest BCUT2D eigenvalue weighted by molar-refractivity contribution is -0.128. The molecule has 27 heavy (non-hydrogen) atoms. The zero-order valence-electron chi connectivity index (χ0n) is 16.1. The van der Waals surface area contributed by atoms with Gasteiger partial charge in [0.05, 0.1) is 5.69 Å². The van der Waals surface area contributed by atoms with Crippen LogP contribution in [0.3, 0.4) is 0 Å². The lowest BCUT2D eigenvalue weighted by Crippen LogP contribution is -2.50. The van der Waals surface area contributed by atoms with Crippen molar-refractivity contribution in [3.05, 3.63) is 23.8 Å². The average Bonchev–Trinajstić information content (AvgIpc) is 2.66. The second-order valence-corrected chi connectivity index (χ2v) is 7.44. The van der Waals surface area contributed by atoms with Crippen LogP contribution < -0.4 is 15.0 Å². The Bertz CT molecular complexity index is 725. The van der Waals surface area contributed by atoms with Crippen molar-refractivity contribution in [1.29, 1.82) is 0 Å². The van der Waals surface area contributed by atoms with Gasteiger partial charge in [-0.2, -0.15) is 0 Å². The second kappa shape index (κ2) is 8.55. The maximum atomic E-state index is 12.7. The highest BCUT2D eigenvalue weighted by Gasteiger charge is 2.33. The van der Waals surface area contributed by atoms with Gasteiger partial charge in [0.25, 0.3) is 5.91 Å². The van der Waals surface area contributed by atoms with Crippen LogP contribution in [0.2, 0.25) is 0 Å². The molecule has 1 heterocycles. The molecule has 0 bridgehead atoms. The fraction of sp³-hybridized carbons (Fsp3) is 0.571. The van der Waals surface area contributed by atoms with Crippen LogP contribution in [0.1, 0.15) is 69.2 Å². The number of hydrogen-bond donors (Lipinski definition) is 1. The Hall–Kier alpha value is -2.37. The molecule has 1 aromatic carbocycles. The molecular formula is C21H28N2O4. The third-order valence-corrected chi connectivity index (χ3v) is 5.24. The molecule has 1 N–H and O–H groups in total. The third-order valence-electron chi connectivity index (χ3n) is 5.24. The molecule has 6 heteroatoms. The van der Waals surface area contributed by atoms with E-state index in [1.807, 2.05) is 6.92 Å². The number of carbonyl (C=O) groups excluding carboxylic acids is 3. The number of ketones is 1. The maximum Gasteiger partial charge on any atom is 0.268 e. The molecule has 1 atom stereocenters. The van der Waals surface area contributed by atoms with Crippen LogP contribution in [0.5, 0.6) is 5.75 Å². The first-order valence-corrected chi connectivity index (χ1v) is 9.94. The lowest BCUT2D eigenvalue weighted by atomic mass is 9.95. The van der Waals surface area contributed by atoms with E-state index in [2.05, 4.69) is 5.32 Å². The number of Topliss-reactive ketones (excluding diaryl/α,β-unsaturated/α-hetero) is 1. The van der Waals surface area contributed by atoms with Crippen LogP contribution >= 0.6 is 0 Å². The summed E-state index contributed by atoms with van der Waals surface area (Å²) in [5.41, 5.74) is 1.04. The van der Waals surface area contributed by atoms with E-state index in [1.54, 1.807) is 25.1 Å². The summed E-state index contributed by atoms with van der Waals surface area (Å²) in [7, 11) is 0. The van der Waals surface area contributed by atoms with Gasteiger partial charge in [-0.1, -0.05) is 26.2 Å². The van der Waals surface area contributed by atoms with Gasteiger partial charge >= 0.3 is 0 Å². The summed E-state index contributed by atoms with van der Waals surface area (Å²) in [5, 5.41) is 3.05. The minimum absolute atomic E-state index is 0.0259. The zero-order chi connectivity index (χ0) is 19.4. The van der Waals surface area contributed by atoms with Crippen LogP contribution in [-0.2, 0) is 9.59 Å². The Labute approximate surface area is 160 Å². The minimum atomic E-state index is -0.655. The van der Waals surface area contributed by atoms with E-state index in [0.29, 0.717) is 23.4 Å². The predicted octanol–water partition coefficient (Wildman–Crippen LogP) is 3.23. The van der Waals surface area contributed by atoms with E-state index < -0.39 is 6.10 Å². The lowest BCUT2D eigenvalue weighted by Gasteiger charge is -2.33. The van der Waals surface area contributed by atoms with Crippen LogP contribution in [-0.4, -0.2) is 36.3 Å². The van der Waals surface area contributed by atoms with Crippen molar-refractivity contribution in [1.82, 2.24) is 5.32 Å². The van der Waals surface area contributed by atoms with Gasteiger partial charge in [0.2, 0.25) is 5.91 Å². The van der Waals surface area contributed by atoms with E-state index in [4.69, 9.17) is 4.74 Å². The molecule has 0 radical (unpaired) electrons. The summed E-state index contributed by atoms with van der Waals surface area (Å²) in [6, 6.07) is 5.30. The molecule has 146 valence electrons. The van der Waals surface area contributed by atoms with E-state index in [9.17, 15) is 14.4 Å². The zero-order valence-corrected chi connectivity index (χ0v) is 16.1. The van der Waals surface area contributed by atoms with Crippen LogP contribution in [0.25, 0.3) is 0 Å². The average molecular weight is 372 g/mol. The van der Waals surface area contributed by atoms with E-state index in [-0.39, 0.29) is 30.2 Å². The topological polar surface area (TPSA) is 75.7 Å². The highest BCUT2D eigenvalue weighted by Crippen LogP contribution is 2.35. The minimum Gasteiger partial charge on any atom is -0.479 e. The third kappa shape index (κ3) is 4.49. The van der Waals surface area contributed by atoms with Crippen molar-refractivity contribution in [2.75, 3.05) is 11.4 Å². The highest BCUT2D eigenvalue weighted by atomic mass is 16.5. The van der Waals surface area contributed by atoms with Gasteiger partial charge in [-0.05, 0) is 44.4 Å². The summed E-state index contributed by atoms with van der Waals surface area (Å²) in [5.74, 6) is 0.126. The smallest absolute Gasteiger partial charge is 0.268 e. The molecule has 1 aromatic rings. The van der Waals surface area contributed by atoms with E-state index in [0.717, 1.165) is 32.1 Å². The standard InChI is InChI=1S/C21H28N2O4/c1-3-7-18(24)15-10-11-19-17(12-15)23(21(26)14(2)27-19)13-20(25)22-16-8-5-4-6-9-16/h10-12,14,16H,3-9,13H2,1-2H3,(H,22,25). The first-order chi connectivity index (χ1) is 13.0. The van der Waals surface area contributed by atoms with Gasteiger partial charge in [0.1, 0.15) is 12.3 Å². The van der Waals surface area contributed by atoms with E-state index >= 15 is 0 Å². The Morgan fingerprint density at radius 1 is 1.22 bits per heavy atom. The number of fused-ring (bicyclic) bond motifs is 1. The van der Waals surface area contributed by atoms with Gasteiger partial charge < -0.3 is 10.1 Å². The summed E-state index contributed by atoms with van der Waals surface area (Å²) >= 11 is 0. The van der Waals surface area contributed by atoms with Gasteiger partial charge in [0, 0.05) is 18.0 Å². The molecule has 1 saturated carbocycles. The van der Waals surface area contributed by atoms with Crippen molar-refractivity contribution in [2.45, 2.75) is 70.9 Å². The largest absolute Gasteiger partial charge is 0.479 e. The number of ether oxygens (including phenoxy) is 1. The Kier molecular flexibility index (Phi) is 6.14. The maximum absolute atomic E-state index is 12.7. The molecule has 1 aliphatic heterocycles. The molecule has 2 amide bonds. The summed E-state index contributed by atoms with van der Waals surface area (Å²) in [4.78, 5) is 38.9. The first kappa shape index (κ1) is 19.4. The number of anilines is 1.